The van der Waals surface area contributed by atoms with E-state index in [0.29, 0.717) is 0 Å². The molecule has 0 unspecified atom stereocenters. The second kappa shape index (κ2) is 5.88. The highest BCUT2D eigenvalue weighted by molar-refractivity contribution is 5.86. The van der Waals surface area contributed by atoms with E-state index in [1.807, 2.05) is 13.8 Å². The SMILES string of the molecule is CC(C)[C@@H](C(=O)NN)N1c2ccc(F)cc2[C@H](C)CC1(C)C. The van der Waals surface area contributed by atoms with Gasteiger partial charge in [-0.15, -0.1) is 0 Å². The fourth-order valence-corrected chi connectivity index (χ4v) is 3.75. The van der Waals surface area contributed by atoms with E-state index in [1.165, 1.54) is 6.07 Å². The summed E-state index contributed by atoms with van der Waals surface area (Å²) in [5.74, 6) is 5.25. The van der Waals surface area contributed by atoms with Gasteiger partial charge >= 0.3 is 0 Å². The molecule has 1 heterocycles. The summed E-state index contributed by atoms with van der Waals surface area (Å²) in [6.45, 7) is 10.3. The van der Waals surface area contributed by atoms with Crippen molar-refractivity contribution in [3.63, 3.8) is 0 Å². The Morgan fingerprint density at radius 3 is 2.64 bits per heavy atom. The lowest BCUT2D eigenvalue weighted by Gasteiger charge is -2.51. The molecule has 2 atom stereocenters. The Bertz CT molecular complexity index is 571. The first-order valence-corrected chi connectivity index (χ1v) is 7.78. The standard InChI is InChI=1S/C17H26FN3O/c1-10(2)15(16(22)20-19)21-14-7-6-12(18)8-13(14)11(3)9-17(21,4)5/h6-8,10-11,15H,9,19H2,1-5H3,(H,20,22)/t11-,15+/m1/s1. The number of hydrazine groups is 1. The molecule has 2 rings (SSSR count). The van der Waals surface area contributed by atoms with Crippen LogP contribution in [0.2, 0.25) is 0 Å². The predicted octanol–water partition coefficient (Wildman–Crippen LogP) is 2.93. The van der Waals surface area contributed by atoms with Crippen LogP contribution in [-0.4, -0.2) is 17.5 Å². The Labute approximate surface area is 131 Å². The Hall–Kier alpha value is -1.62. The molecule has 0 aromatic heterocycles. The molecule has 0 aliphatic carbocycles. The van der Waals surface area contributed by atoms with Gasteiger partial charge in [0.15, 0.2) is 0 Å². The van der Waals surface area contributed by atoms with E-state index in [9.17, 15) is 9.18 Å². The first-order valence-electron chi connectivity index (χ1n) is 7.78. The van der Waals surface area contributed by atoms with E-state index < -0.39 is 6.04 Å². The van der Waals surface area contributed by atoms with Crippen molar-refractivity contribution in [2.75, 3.05) is 4.90 Å². The Kier molecular flexibility index (Phi) is 4.47. The largest absolute Gasteiger partial charge is 0.354 e. The van der Waals surface area contributed by atoms with Crippen LogP contribution in [-0.2, 0) is 4.79 Å². The van der Waals surface area contributed by atoms with Crippen molar-refractivity contribution in [1.82, 2.24) is 5.43 Å². The quantitative estimate of drug-likeness (QED) is 0.513. The van der Waals surface area contributed by atoms with Crippen LogP contribution in [0.1, 0.15) is 52.5 Å². The highest BCUT2D eigenvalue weighted by Gasteiger charge is 2.43. The molecule has 22 heavy (non-hydrogen) atoms. The highest BCUT2D eigenvalue weighted by atomic mass is 19.1. The maximum Gasteiger partial charge on any atom is 0.256 e. The van der Waals surface area contributed by atoms with Gasteiger partial charge in [0.1, 0.15) is 11.9 Å². The van der Waals surface area contributed by atoms with E-state index in [0.717, 1.165) is 17.7 Å². The number of nitrogens with one attached hydrogen (secondary N) is 1. The van der Waals surface area contributed by atoms with Crippen molar-refractivity contribution in [2.45, 2.75) is 58.5 Å². The van der Waals surface area contributed by atoms with Crippen molar-refractivity contribution in [1.29, 1.82) is 0 Å². The monoisotopic (exact) mass is 307 g/mol. The summed E-state index contributed by atoms with van der Waals surface area (Å²) in [6.07, 6.45) is 0.852. The molecule has 5 heteroatoms. The third kappa shape index (κ3) is 2.82. The lowest BCUT2D eigenvalue weighted by molar-refractivity contribution is -0.123. The van der Waals surface area contributed by atoms with Crippen molar-refractivity contribution < 1.29 is 9.18 Å². The first kappa shape index (κ1) is 16.7. The molecule has 1 aliphatic heterocycles. The van der Waals surface area contributed by atoms with E-state index in [-0.39, 0.29) is 29.1 Å². The number of benzene rings is 1. The number of carbonyl (C=O) groups is 1. The normalized spacial score (nSPS) is 21.5. The van der Waals surface area contributed by atoms with Crippen molar-refractivity contribution in [3.8, 4) is 0 Å². The number of hydrogen-bond donors (Lipinski definition) is 2. The molecule has 3 N–H and O–H groups in total. The Morgan fingerprint density at radius 1 is 1.45 bits per heavy atom. The fourth-order valence-electron chi connectivity index (χ4n) is 3.75. The number of carbonyl (C=O) groups excluding carboxylic acids is 1. The average molecular weight is 307 g/mol. The molecule has 0 radical (unpaired) electrons. The van der Waals surface area contributed by atoms with Gasteiger partial charge in [0.2, 0.25) is 0 Å². The van der Waals surface area contributed by atoms with Gasteiger partial charge in [0, 0.05) is 11.2 Å². The third-order valence-electron chi connectivity index (χ3n) is 4.56. The average Bonchev–Trinajstić information content (AvgIpc) is 2.42. The zero-order valence-corrected chi connectivity index (χ0v) is 14.0. The van der Waals surface area contributed by atoms with Gasteiger partial charge in [0.25, 0.3) is 5.91 Å². The number of nitrogens with zero attached hydrogens (tertiary/aromatic N) is 1. The number of fused-ring (bicyclic) bond motifs is 1. The minimum Gasteiger partial charge on any atom is -0.354 e. The summed E-state index contributed by atoms with van der Waals surface area (Å²) in [7, 11) is 0. The van der Waals surface area contributed by atoms with Crippen LogP contribution in [0.3, 0.4) is 0 Å². The van der Waals surface area contributed by atoms with Crippen molar-refractivity contribution in [2.24, 2.45) is 11.8 Å². The number of hydrogen-bond acceptors (Lipinski definition) is 3. The summed E-state index contributed by atoms with van der Waals surface area (Å²) < 4.78 is 13.7. The summed E-state index contributed by atoms with van der Waals surface area (Å²) in [4.78, 5) is 14.5. The topological polar surface area (TPSA) is 58.4 Å². The molecule has 1 aliphatic rings. The minimum atomic E-state index is -0.392. The van der Waals surface area contributed by atoms with Crippen LogP contribution < -0.4 is 16.2 Å². The Balaban J connectivity index is 2.61. The first-order chi connectivity index (χ1) is 10.2. The van der Waals surface area contributed by atoms with Crippen molar-refractivity contribution in [3.05, 3.63) is 29.6 Å². The van der Waals surface area contributed by atoms with Crippen LogP contribution >= 0.6 is 0 Å². The van der Waals surface area contributed by atoms with E-state index in [4.69, 9.17) is 5.84 Å². The summed E-state index contributed by atoms with van der Waals surface area (Å²) in [5, 5.41) is 0. The molecule has 4 nitrogen and oxygen atoms in total. The van der Waals surface area contributed by atoms with Gasteiger partial charge in [-0.25, -0.2) is 10.2 Å². The number of anilines is 1. The van der Waals surface area contributed by atoms with Crippen LogP contribution in [0.25, 0.3) is 0 Å². The zero-order valence-electron chi connectivity index (χ0n) is 14.0. The molecule has 122 valence electrons. The van der Waals surface area contributed by atoms with Gasteiger partial charge < -0.3 is 4.90 Å². The third-order valence-corrected chi connectivity index (χ3v) is 4.56. The van der Waals surface area contributed by atoms with Gasteiger partial charge in [0.05, 0.1) is 0 Å². The lowest BCUT2D eigenvalue weighted by Crippen LogP contribution is -2.61. The molecule has 0 spiro atoms. The van der Waals surface area contributed by atoms with Crippen LogP contribution in [0.15, 0.2) is 18.2 Å². The number of rotatable bonds is 3. The summed E-state index contributed by atoms with van der Waals surface area (Å²) in [6, 6.07) is 4.43. The van der Waals surface area contributed by atoms with Gasteiger partial charge in [-0.05, 0) is 55.9 Å². The molecule has 1 aromatic rings. The van der Waals surface area contributed by atoms with Crippen LogP contribution in [0.5, 0.6) is 0 Å². The van der Waals surface area contributed by atoms with E-state index >= 15 is 0 Å². The lowest BCUT2D eigenvalue weighted by atomic mass is 9.78. The predicted molar refractivity (Wildman–Crippen MR) is 86.9 cm³/mol. The van der Waals surface area contributed by atoms with Crippen LogP contribution in [0.4, 0.5) is 10.1 Å². The molecule has 0 saturated heterocycles. The van der Waals surface area contributed by atoms with Gasteiger partial charge in [-0.2, -0.15) is 0 Å². The maximum atomic E-state index is 13.7. The fraction of sp³-hybridized carbons (Fsp3) is 0.588. The minimum absolute atomic E-state index is 0.0779. The molecule has 1 aromatic carbocycles. The molecular formula is C17H26FN3O. The molecular weight excluding hydrogens is 281 g/mol. The maximum absolute atomic E-state index is 13.7. The highest BCUT2D eigenvalue weighted by Crippen LogP contribution is 2.45. The molecule has 0 fully saturated rings. The molecule has 0 saturated carbocycles. The molecule has 1 amide bonds. The van der Waals surface area contributed by atoms with Crippen LogP contribution in [0, 0.1) is 11.7 Å². The summed E-state index contributed by atoms with van der Waals surface area (Å²) in [5.41, 5.74) is 3.94. The summed E-state index contributed by atoms with van der Waals surface area (Å²) >= 11 is 0. The number of amides is 1. The Morgan fingerprint density at radius 2 is 2.09 bits per heavy atom. The second-order valence-electron chi connectivity index (χ2n) is 7.19. The van der Waals surface area contributed by atoms with Gasteiger partial charge in [-0.3, -0.25) is 10.2 Å². The zero-order chi connectivity index (χ0) is 16.7. The number of nitrogens with two attached hydrogens (primary N) is 1. The molecule has 0 bridgehead atoms. The van der Waals surface area contributed by atoms with E-state index in [1.54, 1.807) is 12.1 Å². The number of halogens is 1. The van der Waals surface area contributed by atoms with Crippen molar-refractivity contribution >= 4 is 11.6 Å². The van der Waals surface area contributed by atoms with Gasteiger partial charge in [-0.1, -0.05) is 20.8 Å². The smallest absolute Gasteiger partial charge is 0.256 e. The van der Waals surface area contributed by atoms with E-state index in [2.05, 4.69) is 31.1 Å². The second-order valence-corrected chi connectivity index (χ2v) is 7.19.